The van der Waals surface area contributed by atoms with Crippen molar-refractivity contribution in [1.29, 1.82) is 0 Å². The minimum atomic E-state index is -3.33. The molecule has 0 aliphatic carbocycles. The lowest BCUT2D eigenvalue weighted by molar-refractivity contribution is 0.249. The fraction of sp³-hybridized carbons (Fsp3) is 0.188. The molecule has 1 atom stereocenters. The number of rotatable bonds is 5. The van der Waals surface area contributed by atoms with Gasteiger partial charge in [0.1, 0.15) is 0 Å². The number of carbonyl (C=O) groups excluding carboxylic acids is 1. The van der Waals surface area contributed by atoms with Crippen LogP contribution in [0.1, 0.15) is 18.5 Å². The molecule has 23 heavy (non-hydrogen) atoms. The standard InChI is InChI=1S/C16H19N3O3S/c1-12(17-16(20)18-14-8-4-3-5-9-14)13-7-6-10-15(11-13)19-23(2,21)22/h3-12,19H,1-2H3,(H2,17,18,20)/t12-/m0/s1. The third-order valence-electron chi connectivity index (χ3n) is 3.07. The van der Waals surface area contributed by atoms with Gasteiger partial charge in [-0.05, 0) is 36.8 Å². The van der Waals surface area contributed by atoms with Crippen LogP contribution in [0, 0.1) is 0 Å². The molecule has 0 saturated heterocycles. The van der Waals surface area contributed by atoms with Crippen molar-refractivity contribution < 1.29 is 13.2 Å². The maximum Gasteiger partial charge on any atom is 0.319 e. The average Bonchev–Trinajstić information content (AvgIpc) is 2.46. The van der Waals surface area contributed by atoms with Crippen LogP contribution in [0.25, 0.3) is 0 Å². The molecular formula is C16H19N3O3S. The number of nitrogens with one attached hydrogen (secondary N) is 3. The molecule has 7 heteroatoms. The van der Waals surface area contributed by atoms with Crippen molar-refractivity contribution in [2.75, 3.05) is 16.3 Å². The van der Waals surface area contributed by atoms with Gasteiger partial charge >= 0.3 is 6.03 Å². The summed E-state index contributed by atoms with van der Waals surface area (Å²) in [5.74, 6) is 0. The van der Waals surface area contributed by atoms with Gasteiger partial charge in [-0.15, -0.1) is 0 Å². The van der Waals surface area contributed by atoms with Crippen LogP contribution in [0.2, 0.25) is 0 Å². The summed E-state index contributed by atoms with van der Waals surface area (Å²) in [6, 6.07) is 15.4. The fourth-order valence-corrected chi connectivity index (χ4v) is 2.61. The van der Waals surface area contributed by atoms with E-state index in [9.17, 15) is 13.2 Å². The number of benzene rings is 2. The van der Waals surface area contributed by atoms with Gasteiger partial charge < -0.3 is 10.6 Å². The minimum Gasteiger partial charge on any atom is -0.331 e. The van der Waals surface area contributed by atoms with Crippen LogP contribution in [-0.4, -0.2) is 20.7 Å². The first-order valence-corrected chi connectivity index (χ1v) is 8.93. The lowest BCUT2D eigenvalue weighted by atomic mass is 10.1. The van der Waals surface area contributed by atoms with Gasteiger partial charge in [-0.3, -0.25) is 4.72 Å². The predicted molar refractivity (Wildman–Crippen MR) is 91.9 cm³/mol. The third kappa shape index (κ3) is 5.63. The average molecular weight is 333 g/mol. The number of hydrogen-bond acceptors (Lipinski definition) is 3. The smallest absolute Gasteiger partial charge is 0.319 e. The molecule has 2 aromatic carbocycles. The molecule has 0 aromatic heterocycles. The van der Waals surface area contributed by atoms with E-state index in [0.717, 1.165) is 11.8 Å². The van der Waals surface area contributed by atoms with Crippen LogP contribution >= 0.6 is 0 Å². The molecule has 2 amide bonds. The summed E-state index contributed by atoms with van der Waals surface area (Å²) in [6.45, 7) is 1.82. The number of para-hydroxylation sites is 1. The summed E-state index contributed by atoms with van der Waals surface area (Å²) in [7, 11) is -3.33. The van der Waals surface area contributed by atoms with E-state index < -0.39 is 10.0 Å². The summed E-state index contributed by atoms with van der Waals surface area (Å²) in [5, 5.41) is 5.54. The summed E-state index contributed by atoms with van der Waals surface area (Å²) in [6.07, 6.45) is 1.09. The molecule has 0 heterocycles. The number of carbonyl (C=O) groups is 1. The van der Waals surface area contributed by atoms with Crippen molar-refractivity contribution in [2.45, 2.75) is 13.0 Å². The van der Waals surface area contributed by atoms with Crippen molar-refractivity contribution in [2.24, 2.45) is 0 Å². The molecule has 2 aromatic rings. The van der Waals surface area contributed by atoms with Gasteiger partial charge in [0.25, 0.3) is 0 Å². The molecule has 0 fully saturated rings. The molecule has 2 rings (SSSR count). The Labute approximate surface area is 136 Å². The first kappa shape index (κ1) is 16.8. The highest BCUT2D eigenvalue weighted by atomic mass is 32.2. The zero-order valence-electron chi connectivity index (χ0n) is 12.9. The van der Waals surface area contributed by atoms with Crippen LogP contribution in [0.3, 0.4) is 0 Å². The van der Waals surface area contributed by atoms with Crippen LogP contribution in [0.4, 0.5) is 16.2 Å². The van der Waals surface area contributed by atoms with E-state index in [1.165, 1.54) is 0 Å². The molecule has 0 saturated carbocycles. The second-order valence-corrected chi connectivity index (χ2v) is 6.93. The van der Waals surface area contributed by atoms with Crippen molar-refractivity contribution in [1.82, 2.24) is 5.32 Å². The fourth-order valence-electron chi connectivity index (χ4n) is 2.05. The highest BCUT2D eigenvalue weighted by molar-refractivity contribution is 7.92. The maximum atomic E-state index is 12.0. The molecule has 6 nitrogen and oxygen atoms in total. The quantitative estimate of drug-likeness (QED) is 0.786. The predicted octanol–water partition coefficient (Wildman–Crippen LogP) is 2.94. The molecule has 0 unspecified atom stereocenters. The minimum absolute atomic E-state index is 0.278. The van der Waals surface area contributed by atoms with Crippen molar-refractivity contribution in [3.63, 3.8) is 0 Å². The van der Waals surface area contributed by atoms with Gasteiger partial charge in [0.2, 0.25) is 10.0 Å². The zero-order chi connectivity index (χ0) is 16.9. The largest absolute Gasteiger partial charge is 0.331 e. The van der Waals surface area contributed by atoms with E-state index in [4.69, 9.17) is 0 Å². The van der Waals surface area contributed by atoms with Gasteiger partial charge in [0.05, 0.1) is 12.3 Å². The highest BCUT2D eigenvalue weighted by Crippen LogP contribution is 2.18. The lowest BCUT2D eigenvalue weighted by Gasteiger charge is -2.16. The number of anilines is 2. The number of sulfonamides is 1. The maximum absolute atomic E-state index is 12.0. The van der Waals surface area contributed by atoms with Gasteiger partial charge in [-0.25, -0.2) is 13.2 Å². The molecule has 122 valence electrons. The van der Waals surface area contributed by atoms with Crippen LogP contribution < -0.4 is 15.4 Å². The normalized spacial score (nSPS) is 12.3. The number of urea groups is 1. The summed E-state index contributed by atoms with van der Waals surface area (Å²) < 4.78 is 25.0. The Kier molecular flexibility index (Phi) is 5.23. The van der Waals surface area contributed by atoms with E-state index in [1.807, 2.05) is 31.2 Å². The Hall–Kier alpha value is -2.54. The van der Waals surface area contributed by atoms with E-state index in [0.29, 0.717) is 11.4 Å². The van der Waals surface area contributed by atoms with Crippen molar-refractivity contribution in [3.8, 4) is 0 Å². The van der Waals surface area contributed by atoms with Crippen molar-refractivity contribution in [3.05, 3.63) is 60.2 Å². The van der Waals surface area contributed by atoms with Crippen LogP contribution in [0.15, 0.2) is 54.6 Å². The van der Waals surface area contributed by atoms with E-state index in [-0.39, 0.29) is 12.1 Å². The summed E-state index contributed by atoms with van der Waals surface area (Å²) in [5.41, 5.74) is 1.95. The molecule has 0 spiro atoms. The Bertz CT molecular complexity index is 776. The first-order valence-electron chi connectivity index (χ1n) is 7.04. The van der Waals surface area contributed by atoms with E-state index in [2.05, 4.69) is 15.4 Å². The van der Waals surface area contributed by atoms with Crippen LogP contribution in [0.5, 0.6) is 0 Å². The number of amides is 2. The Balaban J connectivity index is 2.01. The zero-order valence-corrected chi connectivity index (χ0v) is 13.7. The summed E-state index contributed by atoms with van der Waals surface area (Å²) in [4.78, 5) is 12.0. The topological polar surface area (TPSA) is 87.3 Å². The molecule has 0 aliphatic heterocycles. The van der Waals surface area contributed by atoms with Crippen LogP contribution in [-0.2, 0) is 10.0 Å². The van der Waals surface area contributed by atoms with E-state index in [1.54, 1.807) is 30.3 Å². The molecule has 0 bridgehead atoms. The monoisotopic (exact) mass is 333 g/mol. The second kappa shape index (κ2) is 7.15. The van der Waals surface area contributed by atoms with Gasteiger partial charge in [0, 0.05) is 11.4 Å². The van der Waals surface area contributed by atoms with Crippen molar-refractivity contribution >= 4 is 27.4 Å². The van der Waals surface area contributed by atoms with Gasteiger partial charge in [-0.2, -0.15) is 0 Å². The SMILES string of the molecule is C[C@H](NC(=O)Nc1ccccc1)c1cccc(NS(C)(=O)=O)c1. The van der Waals surface area contributed by atoms with Gasteiger partial charge in [0.15, 0.2) is 0 Å². The number of hydrogen-bond donors (Lipinski definition) is 3. The van der Waals surface area contributed by atoms with E-state index >= 15 is 0 Å². The first-order chi connectivity index (χ1) is 10.8. The Morgan fingerprint density at radius 2 is 1.65 bits per heavy atom. The Morgan fingerprint density at radius 3 is 2.30 bits per heavy atom. The third-order valence-corrected chi connectivity index (χ3v) is 3.68. The molecule has 0 aliphatic rings. The highest BCUT2D eigenvalue weighted by Gasteiger charge is 2.11. The second-order valence-electron chi connectivity index (χ2n) is 5.19. The molecular weight excluding hydrogens is 314 g/mol. The van der Waals surface area contributed by atoms with Gasteiger partial charge in [-0.1, -0.05) is 30.3 Å². The summed E-state index contributed by atoms with van der Waals surface area (Å²) >= 11 is 0. The Morgan fingerprint density at radius 1 is 1.00 bits per heavy atom. The molecule has 0 radical (unpaired) electrons. The molecule has 3 N–H and O–H groups in total. The lowest BCUT2D eigenvalue weighted by Crippen LogP contribution is -2.31.